The molecule has 5 nitrogen and oxygen atoms in total. The zero-order valence-corrected chi connectivity index (χ0v) is 17.1. The molecule has 2 aromatic rings. The van der Waals surface area contributed by atoms with Gasteiger partial charge in [-0.3, -0.25) is 9.36 Å². The average Bonchev–Trinajstić information content (AvgIpc) is 2.66. The first-order valence-corrected chi connectivity index (χ1v) is 10.8. The van der Waals surface area contributed by atoms with E-state index in [2.05, 4.69) is 0 Å². The Hall–Kier alpha value is -1.65. The average molecular weight is 411 g/mol. The molecule has 1 atom stereocenters. The highest BCUT2D eigenvalue weighted by atomic mass is 35.5. The second-order valence-corrected chi connectivity index (χ2v) is 8.45. The van der Waals surface area contributed by atoms with Gasteiger partial charge in [-0.15, -0.1) is 0 Å². The lowest BCUT2D eigenvalue weighted by molar-refractivity contribution is -0.145. The first kappa shape index (κ1) is 21.6. The molecule has 0 heterocycles. The summed E-state index contributed by atoms with van der Waals surface area (Å²) in [5, 5.41) is 0.548. The summed E-state index contributed by atoms with van der Waals surface area (Å²) in [7, 11) is -3.56. The number of hydrogen-bond donors (Lipinski definition) is 0. The van der Waals surface area contributed by atoms with Gasteiger partial charge in [-0.2, -0.15) is 0 Å². The van der Waals surface area contributed by atoms with E-state index in [1.807, 2.05) is 30.3 Å². The van der Waals surface area contributed by atoms with Crippen LogP contribution in [0.1, 0.15) is 37.1 Å². The third-order valence-electron chi connectivity index (χ3n) is 3.86. The van der Waals surface area contributed by atoms with Crippen molar-refractivity contribution in [2.24, 2.45) is 0 Å². The van der Waals surface area contributed by atoms with Crippen LogP contribution < -0.4 is 0 Å². The molecule has 2 rings (SSSR count). The number of carbonyl (C=O) groups is 1. The van der Waals surface area contributed by atoms with Crippen molar-refractivity contribution in [3.8, 4) is 0 Å². The molecule has 7 heteroatoms. The van der Waals surface area contributed by atoms with Crippen LogP contribution in [0, 0.1) is 0 Å². The molecule has 0 aliphatic heterocycles. The molecule has 0 saturated heterocycles. The number of ether oxygens (including phenoxy) is 1. The van der Waals surface area contributed by atoms with Gasteiger partial charge in [0.15, 0.2) is 0 Å². The van der Waals surface area contributed by atoms with Crippen LogP contribution in [0.2, 0.25) is 5.02 Å². The minimum atomic E-state index is -3.56. The summed E-state index contributed by atoms with van der Waals surface area (Å²) in [5.74, 6) is -0.474. The topological polar surface area (TPSA) is 61.8 Å². The van der Waals surface area contributed by atoms with Gasteiger partial charge in [-0.1, -0.05) is 54.1 Å². The summed E-state index contributed by atoms with van der Waals surface area (Å²) in [6.45, 7) is 4.04. The van der Waals surface area contributed by atoms with E-state index in [0.29, 0.717) is 10.6 Å². The fourth-order valence-electron chi connectivity index (χ4n) is 2.63. The SMILES string of the molecule is CCOP(=O)(OCC)[C@H](CC(=O)OCc1ccccc1)c1ccc(Cl)cc1. The van der Waals surface area contributed by atoms with Crippen LogP contribution in [-0.2, 0) is 29.8 Å². The molecule has 0 spiro atoms. The second kappa shape index (κ2) is 10.6. The van der Waals surface area contributed by atoms with Crippen molar-refractivity contribution < 1.29 is 23.1 Å². The standard InChI is InChI=1S/C20H24ClO5P/c1-3-25-27(23,26-4-2)19(17-10-12-18(21)13-11-17)14-20(22)24-15-16-8-6-5-7-9-16/h5-13,19H,3-4,14-15H2,1-2H3/t19-/m1/s1. The number of esters is 1. The zero-order chi connectivity index (χ0) is 19.7. The van der Waals surface area contributed by atoms with E-state index in [4.69, 9.17) is 25.4 Å². The fourth-order valence-corrected chi connectivity index (χ4v) is 4.82. The van der Waals surface area contributed by atoms with Crippen LogP contribution in [0.15, 0.2) is 54.6 Å². The molecular weight excluding hydrogens is 387 g/mol. The van der Waals surface area contributed by atoms with Gasteiger partial charge in [0, 0.05) is 5.02 Å². The van der Waals surface area contributed by atoms with Crippen molar-refractivity contribution in [1.82, 2.24) is 0 Å². The van der Waals surface area contributed by atoms with Gasteiger partial charge in [-0.25, -0.2) is 0 Å². The summed E-state index contributed by atoms with van der Waals surface area (Å²) in [6, 6.07) is 16.2. The van der Waals surface area contributed by atoms with Crippen LogP contribution in [0.3, 0.4) is 0 Å². The summed E-state index contributed by atoms with van der Waals surface area (Å²) >= 11 is 5.95. The Morgan fingerprint density at radius 2 is 1.59 bits per heavy atom. The van der Waals surface area contributed by atoms with Gasteiger partial charge in [0.25, 0.3) is 0 Å². The lowest BCUT2D eigenvalue weighted by Gasteiger charge is -2.26. The third kappa shape index (κ3) is 6.47. The largest absolute Gasteiger partial charge is 0.461 e. The molecule has 0 unspecified atom stereocenters. The van der Waals surface area contributed by atoms with Crippen LogP contribution in [0.5, 0.6) is 0 Å². The first-order chi connectivity index (χ1) is 13.0. The smallest absolute Gasteiger partial charge is 0.338 e. The Morgan fingerprint density at radius 3 is 2.15 bits per heavy atom. The molecule has 27 heavy (non-hydrogen) atoms. The Bertz CT molecular complexity index is 754. The monoisotopic (exact) mass is 410 g/mol. The van der Waals surface area contributed by atoms with E-state index < -0.39 is 19.2 Å². The van der Waals surface area contributed by atoms with Gasteiger partial charge >= 0.3 is 13.6 Å². The molecule has 0 aromatic heterocycles. The lowest BCUT2D eigenvalue weighted by atomic mass is 10.1. The second-order valence-electron chi connectivity index (χ2n) is 5.79. The maximum atomic E-state index is 13.3. The van der Waals surface area contributed by atoms with Crippen molar-refractivity contribution in [3.05, 3.63) is 70.7 Å². The minimum Gasteiger partial charge on any atom is -0.461 e. The van der Waals surface area contributed by atoms with Gasteiger partial charge in [0.2, 0.25) is 0 Å². The van der Waals surface area contributed by atoms with Gasteiger partial charge in [0.05, 0.1) is 25.3 Å². The van der Waals surface area contributed by atoms with Crippen LogP contribution in [-0.4, -0.2) is 19.2 Å². The predicted octanol–water partition coefficient (Wildman–Crippen LogP) is 5.78. The molecular formula is C20H24ClO5P. The van der Waals surface area contributed by atoms with Gasteiger partial charge in [-0.05, 0) is 37.1 Å². The van der Waals surface area contributed by atoms with E-state index in [1.54, 1.807) is 38.1 Å². The molecule has 0 fully saturated rings. The number of carbonyl (C=O) groups excluding carboxylic acids is 1. The summed E-state index contributed by atoms with van der Waals surface area (Å²) in [4.78, 5) is 12.4. The summed E-state index contributed by atoms with van der Waals surface area (Å²) < 4.78 is 29.6. The van der Waals surface area contributed by atoms with Crippen molar-refractivity contribution in [1.29, 1.82) is 0 Å². The summed E-state index contributed by atoms with van der Waals surface area (Å²) in [5.41, 5.74) is 0.769. The van der Waals surface area contributed by atoms with Crippen molar-refractivity contribution in [2.75, 3.05) is 13.2 Å². The molecule has 146 valence electrons. The molecule has 2 aromatic carbocycles. The number of hydrogen-bond acceptors (Lipinski definition) is 5. The quantitative estimate of drug-likeness (QED) is 0.367. The van der Waals surface area contributed by atoms with E-state index >= 15 is 0 Å². The van der Waals surface area contributed by atoms with Gasteiger partial charge in [0.1, 0.15) is 6.61 Å². The molecule has 0 amide bonds. The number of rotatable bonds is 10. The normalized spacial score (nSPS) is 12.6. The predicted molar refractivity (Wildman–Crippen MR) is 106 cm³/mol. The van der Waals surface area contributed by atoms with E-state index in [1.165, 1.54) is 0 Å². The number of halogens is 1. The fraction of sp³-hybridized carbons (Fsp3) is 0.350. The van der Waals surface area contributed by atoms with Crippen LogP contribution >= 0.6 is 19.2 Å². The maximum Gasteiger partial charge on any atom is 0.338 e. The molecule has 0 N–H and O–H groups in total. The highest BCUT2D eigenvalue weighted by Gasteiger charge is 2.38. The summed E-state index contributed by atoms with van der Waals surface area (Å²) in [6.07, 6.45) is -0.119. The minimum absolute atomic E-state index is 0.119. The van der Waals surface area contributed by atoms with Gasteiger partial charge < -0.3 is 13.8 Å². The van der Waals surface area contributed by atoms with E-state index in [-0.39, 0.29) is 26.2 Å². The highest BCUT2D eigenvalue weighted by molar-refractivity contribution is 7.54. The van der Waals surface area contributed by atoms with Crippen LogP contribution in [0.4, 0.5) is 0 Å². The lowest BCUT2D eigenvalue weighted by Crippen LogP contribution is -2.14. The first-order valence-electron chi connectivity index (χ1n) is 8.82. The van der Waals surface area contributed by atoms with Crippen molar-refractivity contribution in [3.63, 3.8) is 0 Å². The Morgan fingerprint density at radius 1 is 1.00 bits per heavy atom. The molecule has 0 bridgehead atoms. The van der Waals surface area contributed by atoms with Crippen molar-refractivity contribution in [2.45, 2.75) is 32.5 Å². The Labute approximate surface area is 165 Å². The number of benzene rings is 2. The molecule has 0 radical (unpaired) electrons. The Kier molecular flexibility index (Phi) is 8.52. The van der Waals surface area contributed by atoms with E-state index in [9.17, 15) is 9.36 Å². The molecule has 0 saturated carbocycles. The van der Waals surface area contributed by atoms with Crippen LogP contribution in [0.25, 0.3) is 0 Å². The highest BCUT2D eigenvalue weighted by Crippen LogP contribution is 2.62. The van der Waals surface area contributed by atoms with E-state index in [0.717, 1.165) is 5.56 Å². The zero-order valence-electron chi connectivity index (χ0n) is 15.5. The third-order valence-corrected chi connectivity index (χ3v) is 6.59. The molecule has 0 aliphatic carbocycles. The Balaban J connectivity index is 2.19. The van der Waals surface area contributed by atoms with Crippen molar-refractivity contribution >= 4 is 25.2 Å². The maximum absolute atomic E-state index is 13.3. The molecule has 0 aliphatic rings.